The normalized spacial score (nSPS) is 11.5. The molecule has 0 aliphatic heterocycles. The smallest absolute Gasteiger partial charge is 0.395 e. The molecule has 0 unspecified atom stereocenters. The van der Waals surface area contributed by atoms with Gasteiger partial charge >= 0.3 is 6.18 Å². The predicted molar refractivity (Wildman–Crippen MR) is 63.4 cm³/mol. The molecule has 0 saturated heterocycles. The quantitative estimate of drug-likeness (QED) is 0.515. The number of alkyl halides is 3. The van der Waals surface area contributed by atoms with Gasteiger partial charge in [0.2, 0.25) is 0 Å². The van der Waals surface area contributed by atoms with Crippen molar-refractivity contribution < 1.29 is 27.6 Å². The lowest BCUT2D eigenvalue weighted by Crippen LogP contribution is -2.36. The Bertz CT molecular complexity index is 510. The van der Waals surface area contributed by atoms with E-state index >= 15 is 0 Å². The summed E-state index contributed by atoms with van der Waals surface area (Å²) in [5.74, 6) is -1.09. The molecule has 0 saturated carbocycles. The van der Waals surface area contributed by atoms with Crippen LogP contribution >= 0.6 is 11.6 Å². The summed E-state index contributed by atoms with van der Waals surface area (Å²) in [6, 6.07) is 1.18. The average molecular weight is 317 g/mol. The highest BCUT2D eigenvalue weighted by molar-refractivity contribution is 6.31. The van der Waals surface area contributed by atoms with Crippen molar-refractivity contribution in [3.8, 4) is 0 Å². The van der Waals surface area contributed by atoms with Crippen LogP contribution in [0.3, 0.4) is 0 Å². The van der Waals surface area contributed by atoms with Crippen LogP contribution in [0.5, 0.6) is 0 Å². The zero-order valence-electron chi connectivity index (χ0n) is 9.82. The first-order chi connectivity index (χ1) is 9.15. The molecule has 0 amide bonds. The van der Waals surface area contributed by atoms with Gasteiger partial charge in [0.05, 0.1) is 16.6 Å². The molecule has 0 bridgehead atoms. The SMILES string of the molecule is O=[N+]([O-])c1cc(Cl)c(F)cc1N(CCO)CC(F)(F)F. The molecule has 0 radical (unpaired) electrons. The Morgan fingerprint density at radius 2 is 2.00 bits per heavy atom. The van der Waals surface area contributed by atoms with Gasteiger partial charge in [-0.1, -0.05) is 11.6 Å². The molecule has 1 aromatic carbocycles. The molecule has 112 valence electrons. The molecule has 1 N–H and O–H groups in total. The Morgan fingerprint density at radius 1 is 1.40 bits per heavy atom. The summed E-state index contributed by atoms with van der Waals surface area (Å²) < 4.78 is 50.6. The number of benzene rings is 1. The monoisotopic (exact) mass is 316 g/mol. The van der Waals surface area contributed by atoms with Crippen LogP contribution in [0.2, 0.25) is 5.02 Å². The molecule has 0 aliphatic carbocycles. The molecule has 1 rings (SSSR count). The minimum Gasteiger partial charge on any atom is -0.395 e. The summed E-state index contributed by atoms with van der Waals surface area (Å²) in [6.07, 6.45) is -4.67. The largest absolute Gasteiger partial charge is 0.405 e. The standard InChI is InChI=1S/C10H9ClF4N2O3/c11-6-3-9(17(19)20)8(4-7(6)12)16(1-2-18)5-10(13,14)15/h3-4,18H,1-2,5H2. The third-order valence-electron chi connectivity index (χ3n) is 2.29. The zero-order chi connectivity index (χ0) is 15.5. The first kappa shape index (κ1) is 16.4. The number of nitro benzene ring substituents is 1. The maximum absolute atomic E-state index is 13.3. The summed E-state index contributed by atoms with van der Waals surface area (Å²) in [5.41, 5.74) is -1.36. The summed E-state index contributed by atoms with van der Waals surface area (Å²) >= 11 is 5.38. The van der Waals surface area contributed by atoms with Gasteiger partial charge < -0.3 is 10.0 Å². The van der Waals surface area contributed by atoms with Crippen molar-refractivity contribution in [2.24, 2.45) is 0 Å². The molecule has 0 spiro atoms. The average Bonchev–Trinajstić information content (AvgIpc) is 2.29. The third kappa shape index (κ3) is 4.20. The van der Waals surface area contributed by atoms with E-state index in [9.17, 15) is 27.7 Å². The van der Waals surface area contributed by atoms with Crippen molar-refractivity contribution >= 4 is 23.0 Å². The maximum atomic E-state index is 13.3. The molecular weight excluding hydrogens is 308 g/mol. The Morgan fingerprint density at radius 3 is 2.45 bits per heavy atom. The predicted octanol–water partition coefficient (Wildman–Crippen LogP) is 2.75. The fourth-order valence-corrected chi connectivity index (χ4v) is 1.71. The lowest BCUT2D eigenvalue weighted by Gasteiger charge is -2.24. The molecular formula is C10H9ClF4N2O3. The number of halogens is 5. The highest BCUT2D eigenvalue weighted by atomic mass is 35.5. The number of hydrogen-bond acceptors (Lipinski definition) is 4. The number of nitro groups is 1. The first-order valence-corrected chi connectivity index (χ1v) is 5.59. The highest BCUT2D eigenvalue weighted by Crippen LogP contribution is 2.34. The van der Waals surface area contributed by atoms with E-state index in [1.54, 1.807) is 0 Å². The van der Waals surface area contributed by atoms with Gasteiger partial charge in [-0.2, -0.15) is 13.2 Å². The van der Waals surface area contributed by atoms with E-state index in [-0.39, 0.29) is 0 Å². The summed E-state index contributed by atoms with van der Waals surface area (Å²) in [7, 11) is 0. The van der Waals surface area contributed by atoms with Crippen LogP contribution in [0.1, 0.15) is 0 Å². The summed E-state index contributed by atoms with van der Waals surface area (Å²) in [4.78, 5) is 10.3. The maximum Gasteiger partial charge on any atom is 0.405 e. The van der Waals surface area contributed by atoms with Gasteiger partial charge in [-0.05, 0) is 0 Å². The Hall–Kier alpha value is -1.61. The van der Waals surface area contributed by atoms with Gasteiger partial charge in [0, 0.05) is 18.7 Å². The van der Waals surface area contributed by atoms with E-state index in [1.165, 1.54) is 0 Å². The van der Waals surface area contributed by atoms with Crippen molar-refractivity contribution in [3.05, 3.63) is 33.1 Å². The Kier molecular flexibility index (Phi) is 5.12. The number of anilines is 1. The van der Waals surface area contributed by atoms with Crippen LogP contribution in [0.25, 0.3) is 0 Å². The van der Waals surface area contributed by atoms with Gasteiger partial charge in [-0.3, -0.25) is 10.1 Å². The van der Waals surface area contributed by atoms with Crippen LogP contribution < -0.4 is 4.90 Å². The van der Waals surface area contributed by atoms with E-state index in [2.05, 4.69) is 0 Å². The molecule has 0 atom stereocenters. The fourth-order valence-electron chi connectivity index (χ4n) is 1.55. The third-order valence-corrected chi connectivity index (χ3v) is 2.58. The van der Waals surface area contributed by atoms with Gasteiger partial charge in [-0.15, -0.1) is 0 Å². The minimum atomic E-state index is -4.67. The van der Waals surface area contributed by atoms with Gasteiger partial charge in [0.25, 0.3) is 5.69 Å². The second-order valence-corrected chi connectivity index (χ2v) is 4.18. The van der Waals surface area contributed by atoms with Gasteiger partial charge in [0.15, 0.2) is 0 Å². The van der Waals surface area contributed by atoms with Crippen molar-refractivity contribution in [3.63, 3.8) is 0 Å². The van der Waals surface area contributed by atoms with Gasteiger partial charge in [0.1, 0.15) is 18.0 Å². The Labute approximate surface area is 115 Å². The molecule has 1 aromatic rings. The minimum absolute atomic E-state index is 0.470. The second kappa shape index (κ2) is 6.23. The number of nitrogens with zero attached hydrogens (tertiary/aromatic N) is 2. The highest BCUT2D eigenvalue weighted by Gasteiger charge is 2.33. The van der Waals surface area contributed by atoms with E-state index in [0.717, 1.165) is 0 Å². The van der Waals surface area contributed by atoms with Crippen molar-refractivity contribution in [2.75, 3.05) is 24.6 Å². The van der Waals surface area contributed by atoms with E-state index in [4.69, 9.17) is 16.7 Å². The number of aliphatic hydroxyl groups excluding tert-OH is 1. The van der Waals surface area contributed by atoms with Crippen LogP contribution in [0.15, 0.2) is 12.1 Å². The lowest BCUT2D eigenvalue weighted by molar-refractivity contribution is -0.384. The van der Waals surface area contributed by atoms with E-state index in [1.807, 2.05) is 0 Å². The second-order valence-electron chi connectivity index (χ2n) is 3.77. The zero-order valence-corrected chi connectivity index (χ0v) is 10.6. The Balaban J connectivity index is 3.31. The van der Waals surface area contributed by atoms with Gasteiger partial charge in [-0.25, -0.2) is 4.39 Å². The lowest BCUT2D eigenvalue weighted by atomic mass is 10.2. The molecule has 20 heavy (non-hydrogen) atoms. The summed E-state index contributed by atoms with van der Waals surface area (Å²) in [6.45, 7) is -2.78. The summed E-state index contributed by atoms with van der Waals surface area (Å²) in [5, 5.41) is 19.0. The number of hydrogen-bond donors (Lipinski definition) is 1. The van der Waals surface area contributed by atoms with E-state index in [0.29, 0.717) is 17.0 Å². The topological polar surface area (TPSA) is 66.6 Å². The molecule has 0 heterocycles. The van der Waals surface area contributed by atoms with Crippen molar-refractivity contribution in [1.29, 1.82) is 0 Å². The molecule has 0 fully saturated rings. The van der Waals surface area contributed by atoms with Crippen LogP contribution in [0.4, 0.5) is 28.9 Å². The van der Waals surface area contributed by atoms with E-state index < -0.39 is 53.0 Å². The number of aliphatic hydroxyl groups is 1. The number of rotatable bonds is 5. The first-order valence-electron chi connectivity index (χ1n) is 5.21. The molecule has 5 nitrogen and oxygen atoms in total. The molecule has 0 aromatic heterocycles. The van der Waals surface area contributed by atoms with Crippen molar-refractivity contribution in [1.82, 2.24) is 0 Å². The van der Waals surface area contributed by atoms with Crippen LogP contribution in [0, 0.1) is 15.9 Å². The molecule has 0 aliphatic rings. The van der Waals surface area contributed by atoms with Crippen LogP contribution in [-0.2, 0) is 0 Å². The van der Waals surface area contributed by atoms with Crippen LogP contribution in [-0.4, -0.2) is 35.9 Å². The fraction of sp³-hybridized carbons (Fsp3) is 0.400. The van der Waals surface area contributed by atoms with Crippen molar-refractivity contribution in [2.45, 2.75) is 6.18 Å². The molecule has 10 heteroatoms.